The monoisotopic (exact) mass is 187 g/mol. The van der Waals surface area contributed by atoms with Gasteiger partial charge in [0.2, 0.25) is 0 Å². The Labute approximate surface area is 75.7 Å². The second-order valence-electron chi connectivity index (χ2n) is 3.24. The average Bonchev–Trinajstić information content (AvgIpc) is 2.27. The maximum Gasteiger partial charge on any atom is 0.308 e. The van der Waals surface area contributed by atoms with Crippen LogP contribution in [0.3, 0.4) is 0 Å². The maximum absolute atomic E-state index is 10.7. The number of hydrogen-bond donors (Lipinski definition) is 3. The smallest absolute Gasteiger partial charge is 0.308 e. The van der Waals surface area contributed by atoms with Crippen LogP contribution in [0.1, 0.15) is 12.8 Å². The minimum absolute atomic E-state index is 0.256. The van der Waals surface area contributed by atoms with E-state index in [9.17, 15) is 9.59 Å². The van der Waals surface area contributed by atoms with E-state index in [-0.39, 0.29) is 6.54 Å². The van der Waals surface area contributed by atoms with Crippen molar-refractivity contribution >= 4 is 11.9 Å². The van der Waals surface area contributed by atoms with E-state index < -0.39 is 23.8 Å². The quantitative estimate of drug-likeness (QED) is 0.556. The van der Waals surface area contributed by atoms with E-state index in [1.165, 1.54) is 0 Å². The van der Waals surface area contributed by atoms with Crippen LogP contribution in [0.2, 0.25) is 0 Å². The number of rotatable bonds is 2. The van der Waals surface area contributed by atoms with E-state index in [2.05, 4.69) is 5.32 Å². The molecule has 1 rings (SSSR count). The van der Waals surface area contributed by atoms with Crippen LogP contribution in [0.5, 0.6) is 0 Å². The summed E-state index contributed by atoms with van der Waals surface area (Å²) in [5.41, 5.74) is 0. The summed E-state index contributed by atoms with van der Waals surface area (Å²) < 4.78 is 0. The summed E-state index contributed by atoms with van der Waals surface area (Å²) in [5, 5.41) is 20.5. The fourth-order valence-electron chi connectivity index (χ4n) is 1.60. The Hall–Kier alpha value is -1.10. The van der Waals surface area contributed by atoms with Gasteiger partial charge in [-0.25, -0.2) is 0 Å². The van der Waals surface area contributed by atoms with Gasteiger partial charge in [-0.15, -0.1) is 0 Å². The van der Waals surface area contributed by atoms with Crippen molar-refractivity contribution in [1.82, 2.24) is 5.32 Å². The van der Waals surface area contributed by atoms with Crippen LogP contribution in [0.25, 0.3) is 0 Å². The van der Waals surface area contributed by atoms with Gasteiger partial charge < -0.3 is 15.5 Å². The maximum atomic E-state index is 10.7. The predicted molar refractivity (Wildman–Crippen MR) is 44.4 cm³/mol. The molecule has 1 saturated heterocycles. The highest BCUT2D eigenvalue weighted by molar-refractivity contribution is 5.80. The van der Waals surface area contributed by atoms with Crippen molar-refractivity contribution in [3.8, 4) is 0 Å². The molecule has 1 aliphatic rings. The van der Waals surface area contributed by atoms with Crippen molar-refractivity contribution in [3.63, 3.8) is 0 Å². The van der Waals surface area contributed by atoms with E-state index in [1.54, 1.807) is 0 Å². The number of aliphatic carboxylic acids is 2. The third-order valence-electron chi connectivity index (χ3n) is 2.35. The van der Waals surface area contributed by atoms with Gasteiger partial charge in [0, 0.05) is 6.54 Å². The molecular weight excluding hydrogens is 174 g/mol. The third-order valence-corrected chi connectivity index (χ3v) is 2.35. The second kappa shape index (κ2) is 4.23. The summed E-state index contributed by atoms with van der Waals surface area (Å²) >= 11 is 0. The highest BCUT2D eigenvalue weighted by Gasteiger charge is 2.34. The first-order valence-electron chi connectivity index (χ1n) is 4.29. The van der Waals surface area contributed by atoms with Crippen LogP contribution in [0.4, 0.5) is 0 Å². The van der Waals surface area contributed by atoms with Crippen molar-refractivity contribution in [2.75, 3.05) is 13.1 Å². The van der Waals surface area contributed by atoms with Gasteiger partial charge in [0.15, 0.2) is 0 Å². The molecule has 0 aliphatic carbocycles. The van der Waals surface area contributed by atoms with Gasteiger partial charge in [0.25, 0.3) is 0 Å². The zero-order valence-electron chi connectivity index (χ0n) is 7.19. The topological polar surface area (TPSA) is 86.6 Å². The molecule has 0 aromatic rings. The standard InChI is InChI=1S/C8H13NO4/c10-7(11)5-2-1-3-9-4-6(5)8(12)13/h5-6,9H,1-4H2,(H,10,11)(H,12,13)/t5-,6-/m0/s1. The molecule has 2 atom stereocenters. The lowest BCUT2D eigenvalue weighted by molar-refractivity contribution is -0.153. The van der Waals surface area contributed by atoms with Crippen LogP contribution in [0.15, 0.2) is 0 Å². The highest BCUT2D eigenvalue weighted by atomic mass is 16.4. The summed E-state index contributed by atoms with van der Waals surface area (Å²) in [4.78, 5) is 21.4. The molecule has 0 saturated carbocycles. The average molecular weight is 187 g/mol. The van der Waals surface area contributed by atoms with Crippen LogP contribution in [-0.2, 0) is 9.59 Å². The summed E-state index contributed by atoms with van der Waals surface area (Å²) in [6.45, 7) is 0.958. The molecule has 13 heavy (non-hydrogen) atoms. The molecule has 0 radical (unpaired) electrons. The first-order chi connectivity index (χ1) is 6.13. The fraction of sp³-hybridized carbons (Fsp3) is 0.750. The molecule has 1 heterocycles. The molecule has 74 valence electrons. The van der Waals surface area contributed by atoms with Crippen molar-refractivity contribution in [2.45, 2.75) is 12.8 Å². The van der Waals surface area contributed by atoms with Crippen LogP contribution in [0, 0.1) is 11.8 Å². The first kappa shape index (κ1) is 9.98. The number of nitrogens with one attached hydrogen (secondary N) is 1. The summed E-state index contributed by atoms with van der Waals surface area (Å²) in [6.07, 6.45) is 1.17. The Balaban J connectivity index is 2.72. The van der Waals surface area contributed by atoms with E-state index in [1.807, 2.05) is 0 Å². The molecule has 0 aromatic carbocycles. The number of carboxylic acid groups (broad SMARTS) is 2. The Morgan fingerprint density at radius 1 is 1.15 bits per heavy atom. The highest BCUT2D eigenvalue weighted by Crippen LogP contribution is 2.20. The van der Waals surface area contributed by atoms with Crippen molar-refractivity contribution < 1.29 is 19.8 Å². The molecule has 0 amide bonds. The molecule has 3 N–H and O–H groups in total. The lowest BCUT2D eigenvalue weighted by atomic mass is 9.89. The van der Waals surface area contributed by atoms with Gasteiger partial charge in [-0.3, -0.25) is 9.59 Å². The van der Waals surface area contributed by atoms with Gasteiger partial charge in [-0.1, -0.05) is 0 Å². The third kappa shape index (κ3) is 2.42. The zero-order chi connectivity index (χ0) is 9.84. The lowest BCUT2D eigenvalue weighted by Gasteiger charge is -2.16. The molecule has 0 aromatic heterocycles. The van der Waals surface area contributed by atoms with Crippen molar-refractivity contribution in [3.05, 3.63) is 0 Å². The van der Waals surface area contributed by atoms with Gasteiger partial charge in [-0.2, -0.15) is 0 Å². The van der Waals surface area contributed by atoms with E-state index >= 15 is 0 Å². The zero-order valence-corrected chi connectivity index (χ0v) is 7.19. The first-order valence-corrected chi connectivity index (χ1v) is 4.29. The largest absolute Gasteiger partial charge is 0.481 e. The van der Waals surface area contributed by atoms with Gasteiger partial charge in [0.05, 0.1) is 11.8 Å². The van der Waals surface area contributed by atoms with Gasteiger partial charge >= 0.3 is 11.9 Å². The van der Waals surface area contributed by atoms with Gasteiger partial charge in [0.1, 0.15) is 0 Å². The van der Waals surface area contributed by atoms with Crippen LogP contribution in [-0.4, -0.2) is 35.2 Å². The Bertz CT molecular complexity index is 194. The minimum atomic E-state index is -1.03. The number of carboxylic acids is 2. The molecule has 5 nitrogen and oxygen atoms in total. The lowest BCUT2D eigenvalue weighted by Crippen LogP contribution is -2.34. The van der Waals surface area contributed by atoms with Crippen molar-refractivity contribution in [2.24, 2.45) is 11.8 Å². The molecule has 5 heteroatoms. The minimum Gasteiger partial charge on any atom is -0.481 e. The fourth-order valence-corrected chi connectivity index (χ4v) is 1.60. The molecular formula is C8H13NO4. The van der Waals surface area contributed by atoms with Crippen LogP contribution >= 0.6 is 0 Å². The Morgan fingerprint density at radius 3 is 2.31 bits per heavy atom. The van der Waals surface area contributed by atoms with E-state index in [4.69, 9.17) is 10.2 Å². The van der Waals surface area contributed by atoms with Gasteiger partial charge in [-0.05, 0) is 19.4 Å². The molecule has 0 unspecified atom stereocenters. The predicted octanol–water partition coefficient (Wildman–Crippen LogP) is -0.229. The molecule has 1 aliphatic heterocycles. The Kier molecular flexibility index (Phi) is 3.25. The number of hydrogen-bond acceptors (Lipinski definition) is 3. The summed E-state index contributed by atoms with van der Waals surface area (Å²) in [7, 11) is 0. The second-order valence-corrected chi connectivity index (χ2v) is 3.24. The van der Waals surface area contributed by atoms with Crippen LogP contribution < -0.4 is 5.32 Å². The molecule has 1 fully saturated rings. The summed E-state index contributed by atoms with van der Waals surface area (Å²) in [6, 6.07) is 0. The summed E-state index contributed by atoms with van der Waals surface area (Å²) in [5.74, 6) is -3.56. The van der Waals surface area contributed by atoms with E-state index in [0.29, 0.717) is 13.0 Å². The van der Waals surface area contributed by atoms with Crippen molar-refractivity contribution in [1.29, 1.82) is 0 Å². The molecule has 0 bridgehead atoms. The van der Waals surface area contributed by atoms with E-state index in [0.717, 1.165) is 6.42 Å². The SMILES string of the molecule is O=C(O)[C@H]1CCCNC[C@@H]1C(=O)O. The normalized spacial score (nSPS) is 29.2. The molecule has 0 spiro atoms. The number of carbonyl (C=O) groups is 2. The Morgan fingerprint density at radius 2 is 1.77 bits per heavy atom.